The molecule has 2 nitrogen and oxygen atoms in total. The van der Waals surface area contributed by atoms with Crippen molar-refractivity contribution in [2.24, 2.45) is 0 Å². The van der Waals surface area contributed by atoms with E-state index in [1.54, 1.807) is 24.3 Å². The fraction of sp³-hybridized carbons (Fsp3) is 0.111. The van der Waals surface area contributed by atoms with Gasteiger partial charge in [-0.1, -0.05) is 36.4 Å². The largest absolute Gasteiger partial charge is 0.292 e. The molecule has 0 atom stereocenters. The van der Waals surface area contributed by atoms with Gasteiger partial charge in [-0.3, -0.25) is 9.78 Å². The minimum Gasteiger partial charge on any atom is -0.292 e. The number of hydrogen-bond donors (Lipinski definition) is 0. The number of hydrogen-bond acceptors (Lipinski definition) is 2. The van der Waals surface area contributed by atoms with Gasteiger partial charge < -0.3 is 0 Å². The Morgan fingerprint density at radius 1 is 1.00 bits per heavy atom. The maximum atomic E-state index is 13.8. The van der Waals surface area contributed by atoms with Crippen LogP contribution in [-0.4, -0.2) is 10.8 Å². The Balaban J connectivity index is 1.99. The van der Waals surface area contributed by atoms with Gasteiger partial charge in [0.25, 0.3) is 0 Å². The second-order valence-corrected chi connectivity index (χ2v) is 5.02. The predicted octanol–water partition coefficient (Wildman–Crippen LogP) is 4.11. The van der Waals surface area contributed by atoms with Crippen molar-refractivity contribution < 1.29 is 9.18 Å². The molecule has 0 bridgehead atoms. The molecule has 2 aromatic carbocycles. The number of Topliss-reactive ketones (excluding diaryl/α,β-unsaturated/α-hetero) is 1. The highest BCUT2D eigenvalue weighted by Crippen LogP contribution is 2.23. The number of fused-ring (bicyclic) bond motifs is 1. The van der Waals surface area contributed by atoms with Crippen LogP contribution < -0.4 is 0 Å². The molecule has 0 aliphatic rings. The van der Waals surface area contributed by atoms with Crippen molar-refractivity contribution in [3.8, 4) is 0 Å². The summed E-state index contributed by atoms with van der Waals surface area (Å²) in [5.41, 5.74) is 2.08. The van der Waals surface area contributed by atoms with Crippen LogP contribution in [0.25, 0.3) is 10.8 Å². The summed E-state index contributed by atoms with van der Waals surface area (Å²) in [4.78, 5) is 16.6. The molecule has 0 spiro atoms. The first kappa shape index (κ1) is 13.4. The monoisotopic (exact) mass is 279 g/mol. The Morgan fingerprint density at radius 3 is 2.52 bits per heavy atom. The summed E-state index contributed by atoms with van der Waals surface area (Å²) in [6.45, 7) is 1.85. The maximum absolute atomic E-state index is 13.8. The van der Waals surface area contributed by atoms with Gasteiger partial charge in [0, 0.05) is 17.5 Å². The first-order valence-electron chi connectivity index (χ1n) is 6.78. The Kier molecular flexibility index (Phi) is 3.48. The predicted molar refractivity (Wildman–Crippen MR) is 80.9 cm³/mol. The molecular formula is C18H14FNO. The zero-order valence-corrected chi connectivity index (χ0v) is 11.6. The highest BCUT2D eigenvalue weighted by atomic mass is 19.1. The SMILES string of the molecule is Cc1cccc(C(=O)Cc2ccc(F)c3ccccc23)n1. The van der Waals surface area contributed by atoms with E-state index in [4.69, 9.17) is 0 Å². The third kappa shape index (κ3) is 2.68. The van der Waals surface area contributed by atoms with Gasteiger partial charge in [0.1, 0.15) is 11.5 Å². The van der Waals surface area contributed by atoms with Gasteiger partial charge in [0.15, 0.2) is 5.78 Å². The summed E-state index contributed by atoms with van der Waals surface area (Å²) in [5.74, 6) is -0.328. The van der Waals surface area contributed by atoms with Crippen molar-refractivity contribution >= 4 is 16.6 Å². The zero-order chi connectivity index (χ0) is 14.8. The van der Waals surface area contributed by atoms with E-state index in [9.17, 15) is 9.18 Å². The molecule has 0 amide bonds. The molecule has 0 N–H and O–H groups in total. The molecule has 0 saturated carbocycles. The second kappa shape index (κ2) is 5.44. The Bertz CT molecular complexity index is 826. The summed E-state index contributed by atoms with van der Waals surface area (Å²) in [7, 11) is 0. The number of aryl methyl sites for hydroxylation is 1. The molecule has 3 heteroatoms. The van der Waals surface area contributed by atoms with Crippen LogP contribution in [0.5, 0.6) is 0 Å². The number of ketones is 1. The molecule has 0 aliphatic heterocycles. The molecule has 3 rings (SSSR count). The van der Waals surface area contributed by atoms with E-state index in [0.717, 1.165) is 16.6 Å². The number of carbonyl (C=O) groups excluding carboxylic acids is 1. The van der Waals surface area contributed by atoms with E-state index in [-0.39, 0.29) is 18.0 Å². The van der Waals surface area contributed by atoms with E-state index in [1.165, 1.54) is 6.07 Å². The molecule has 3 aromatic rings. The van der Waals surface area contributed by atoms with Crippen LogP contribution in [0.2, 0.25) is 0 Å². The number of aromatic nitrogens is 1. The lowest BCUT2D eigenvalue weighted by molar-refractivity contribution is 0.0988. The average Bonchev–Trinajstić information content (AvgIpc) is 2.50. The van der Waals surface area contributed by atoms with Crippen molar-refractivity contribution in [1.29, 1.82) is 0 Å². The van der Waals surface area contributed by atoms with Gasteiger partial charge in [0.2, 0.25) is 0 Å². The molecule has 21 heavy (non-hydrogen) atoms. The van der Waals surface area contributed by atoms with Crippen LogP contribution in [0.1, 0.15) is 21.7 Å². The number of nitrogens with zero attached hydrogens (tertiary/aromatic N) is 1. The van der Waals surface area contributed by atoms with Gasteiger partial charge in [-0.25, -0.2) is 4.39 Å². The summed E-state index contributed by atoms with van der Waals surface area (Å²) in [5, 5.41) is 1.32. The molecule has 0 unspecified atom stereocenters. The quantitative estimate of drug-likeness (QED) is 0.675. The summed E-state index contributed by atoms with van der Waals surface area (Å²) in [6.07, 6.45) is 0.219. The molecule has 0 fully saturated rings. The molecule has 104 valence electrons. The zero-order valence-electron chi connectivity index (χ0n) is 11.6. The first-order chi connectivity index (χ1) is 10.1. The van der Waals surface area contributed by atoms with E-state index in [0.29, 0.717) is 11.1 Å². The standard InChI is InChI=1S/C18H14FNO/c1-12-5-4-8-17(20-12)18(21)11-13-9-10-16(19)15-7-3-2-6-14(13)15/h2-10H,11H2,1H3. The number of carbonyl (C=O) groups is 1. The van der Waals surface area contributed by atoms with E-state index >= 15 is 0 Å². The molecule has 0 aliphatic carbocycles. The van der Waals surface area contributed by atoms with Crippen LogP contribution in [-0.2, 0) is 6.42 Å². The summed E-state index contributed by atoms with van der Waals surface area (Å²) in [6, 6.07) is 15.7. The third-order valence-corrected chi connectivity index (χ3v) is 3.49. The van der Waals surface area contributed by atoms with E-state index in [1.807, 2.05) is 31.2 Å². The lowest BCUT2D eigenvalue weighted by atomic mass is 9.99. The number of benzene rings is 2. The minimum atomic E-state index is -0.268. The number of pyridine rings is 1. The number of halogens is 1. The maximum Gasteiger partial charge on any atom is 0.185 e. The van der Waals surface area contributed by atoms with Crippen molar-refractivity contribution in [3.63, 3.8) is 0 Å². The number of rotatable bonds is 3. The molecular weight excluding hydrogens is 265 g/mol. The van der Waals surface area contributed by atoms with Crippen molar-refractivity contribution in [1.82, 2.24) is 4.98 Å². The molecule has 0 radical (unpaired) electrons. The van der Waals surface area contributed by atoms with Crippen LogP contribution >= 0.6 is 0 Å². The van der Waals surface area contributed by atoms with Crippen LogP contribution in [0.3, 0.4) is 0 Å². The highest BCUT2D eigenvalue weighted by molar-refractivity contribution is 5.98. The second-order valence-electron chi connectivity index (χ2n) is 5.02. The third-order valence-electron chi connectivity index (χ3n) is 3.49. The normalized spacial score (nSPS) is 10.8. The lowest BCUT2D eigenvalue weighted by Gasteiger charge is -2.07. The fourth-order valence-electron chi connectivity index (χ4n) is 2.44. The van der Waals surface area contributed by atoms with Crippen LogP contribution in [0.4, 0.5) is 4.39 Å². The lowest BCUT2D eigenvalue weighted by Crippen LogP contribution is -2.07. The van der Waals surface area contributed by atoms with Crippen molar-refractivity contribution in [2.45, 2.75) is 13.3 Å². The topological polar surface area (TPSA) is 30.0 Å². The van der Waals surface area contributed by atoms with Gasteiger partial charge in [-0.15, -0.1) is 0 Å². The Hall–Kier alpha value is -2.55. The smallest absolute Gasteiger partial charge is 0.185 e. The summed E-state index contributed by atoms with van der Waals surface area (Å²) < 4.78 is 13.8. The van der Waals surface area contributed by atoms with E-state index < -0.39 is 0 Å². The van der Waals surface area contributed by atoms with Crippen molar-refractivity contribution in [3.05, 3.63) is 77.4 Å². The van der Waals surface area contributed by atoms with Crippen molar-refractivity contribution in [2.75, 3.05) is 0 Å². The Morgan fingerprint density at radius 2 is 1.76 bits per heavy atom. The van der Waals surface area contributed by atoms with Crippen LogP contribution in [0.15, 0.2) is 54.6 Å². The average molecular weight is 279 g/mol. The highest BCUT2D eigenvalue weighted by Gasteiger charge is 2.12. The Labute approximate surface area is 122 Å². The van der Waals surface area contributed by atoms with Crippen LogP contribution in [0, 0.1) is 12.7 Å². The summed E-state index contributed by atoms with van der Waals surface area (Å²) >= 11 is 0. The first-order valence-corrected chi connectivity index (χ1v) is 6.78. The molecule has 1 heterocycles. The van der Waals surface area contributed by atoms with E-state index in [2.05, 4.69) is 4.98 Å². The molecule has 1 aromatic heterocycles. The van der Waals surface area contributed by atoms with Gasteiger partial charge in [-0.05, 0) is 36.1 Å². The fourth-order valence-corrected chi connectivity index (χ4v) is 2.44. The van der Waals surface area contributed by atoms with Gasteiger partial charge in [-0.2, -0.15) is 0 Å². The van der Waals surface area contributed by atoms with Gasteiger partial charge in [0.05, 0.1) is 0 Å². The molecule has 0 saturated heterocycles. The minimum absolute atomic E-state index is 0.0598. The van der Waals surface area contributed by atoms with Gasteiger partial charge >= 0.3 is 0 Å².